The number of nitrogens with zero attached hydrogens (tertiary/aromatic N) is 3. The standard InChI is InChI=1S/C33H37N3O3/c1-6-25(4)31(37)34-32-35(5)29(20-26-16-12-23(2)13-17-26)30(21-27-18-14-24(3)15-19-27)36(32)33(38)39-22-28-10-8-7-9-11-28/h7-19,21,25,29H,6,20,22H2,1-5H3/b30-21-,34-32?. The zero-order chi connectivity index (χ0) is 27.9. The third-order valence-electron chi connectivity index (χ3n) is 7.16. The molecule has 2 atom stereocenters. The van der Waals surface area contributed by atoms with Crippen molar-refractivity contribution in [3.05, 3.63) is 112 Å². The molecule has 6 nitrogen and oxygen atoms in total. The molecule has 2 amide bonds. The Balaban J connectivity index is 1.78. The number of ether oxygens (including phenoxy) is 1. The van der Waals surface area contributed by atoms with Crippen LogP contribution in [0, 0.1) is 19.8 Å². The smallest absolute Gasteiger partial charge is 0.421 e. The van der Waals surface area contributed by atoms with E-state index in [4.69, 9.17) is 4.74 Å². The van der Waals surface area contributed by atoms with Crippen molar-refractivity contribution in [1.82, 2.24) is 9.80 Å². The van der Waals surface area contributed by atoms with Gasteiger partial charge < -0.3 is 9.64 Å². The van der Waals surface area contributed by atoms with E-state index in [1.54, 1.807) is 0 Å². The molecule has 1 fully saturated rings. The molecule has 1 heterocycles. The Kier molecular flexibility index (Phi) is 8.97. The van der Waals surface area contributed by atoms with E-state index in [0.29, 0.717) is 12.8 Å². The van der Waals surface area contributed by atoms with Crippen LogP contribution in [0.1, 0.15) is 48.1 Å². The lowest BCUT2D eigenvalue weighted by molar-refractivity contribution is -0.121. The summed E-state index contributed by atoms with van der Waals surface area (Å²) in [4.78, 5) is 34.6. The van der Waals surface area contributed by atoms with Crippen LogP contribution in [0.4, 0.5) is 4.79 Å². The lowest BCUT2D eigenvalue weighted by Crippen LogP contribution is -2.38. The summed E-state index contributed by atoms with van der Waals surface area (Å²) in [5.74, 6) is -0.228. The molecule has 0 aromatic heterocycles. The molecule has 0 saturated carbocycles. The van der Waals surface area contributed by atoms with Crippen molar-refractivity contribution in [1.29, 1.82) is 0 Å². The van der Waals surface area contributed by atoms with E-state index < -0.39 is 6.09 Å². The van der Waals surface area contributed by atoms with Gasteiger partial charge in [-0.05, 0) is 49.5 Å². The van der Waals surface area contributed by atoms with Crippen LogP contribution in [-0.4, -0.2) is 40.8 Å². The number of hydrogen-bond acceptors (Lipinski definition) is 3. The summed E-state index contributed by atoms with van der Waals surface area (Å²) >= 11 is 0. The van der Waals surface area contributed by atoms with Crippen LogP contribution in [0.25, 0.3) is 6.08 Å². The summed E-state index contributed by atoms with van der Waals surface area (Å²) in [6.07, 6.45) is 2.73. The lowest BCUT2D eigenvalue weighted by atomic mass is 10.0. The topological polar surface area (TPSA) is 62.2 Å². The zero-order valence-corrected chi connectivity index (χ0v) is 23.4. The molecular weight excluding hydrogens is 486 g/mol. The van der Waals surface area contributed by atoms with Gasteiger partial charge in [-0.25, -0.2) is 9.69 Å². The Morgan fingerprint density at radius 1 is 0.923 bits per heavy atom. The Morgan fingerprint density at radius 3 is 2.15 bits per heavy atom. The SMILES string of the molecule is CCC(C)C(=O)N=C1N(C(=O)OCc2ccccc2)/C(=C\c2ccc(C)cc2)C(Cc2ccc(C)cc2)N1C. The monoisotopic (exact) mass is 523 g/mol. The Morgan fingerprint density at radius 2 is 1.54 bits per heavy atom. The highest BCUT2D eigenvalue weighted by Gasteiger charge is 2.43. The number of benzene rings is 3. The normalized spacial score (nSPS) is 18.0. The van der Waals surface area contributed by atoms with Gasteiger partial charge in [-0.1, -0.05) is 104 Å². The summed E-state index contributed by atoms with van der Waals surface area (Å²) in [7, 11) is 1.88. The fraction of sp³-hybridized carbons (Fsp3) is 0.303. The molecule has 0 bridgehead atoms. The number of likely N-dealkylation sites (N-methyl/N-ethyl adjacent to an activating group) is 1. The third-order valence-corrected chi connectivity index (χ3v) is 7.16. The molecule has 0 N–H and O–H groups in total. The van der Waals surface area contributed by atoms with Gasteiger partial charge in [-0.15, -0.1) is 0 Å². The molecule has 0 spiro atoms. The molecule has 6 heteroatoms. The number of guanidine groups is 1. The van der Waals surface area contributed by atoms with Gasteiger partial charge in [-0.2, -0.15) is 4.99 Å². The van der Waals surface area contributed by atoms with Crippen LogP contribution in [0.2, 0.25) is 0 Å². The van der Waals surface area contributed by atoms with Gasteiger partial charge in [0.2, 0.25) is 5.96 Å². The molecule has 0 aliphatic carbocycles. The lowest BCUT2D eigenvalue weighted by Gasteiger charge is -2.20. The third kappa shape index (κ3) is 6.82. The van der Waals surface area contributed by atoms with E-state index in [2.05, 4.69) is 36.2 Å². The predicted molar refractivity (Wildman–Crippen MR) is 156 cm³/mol. The van der Waals surface area contributed by atoms with Gasteiger partial charge in [0.25, 0.3) is 5.91 Å². The maximum absolute atomic E-state index is 13.7. The van der Waals surface area contributed by atoms with Gasteiger partial charge in [-0.3, -0.25) is 4.79 Å². The van der Waals surface area contributed by atoms with Crippen molar-refractivity contribution in [3.8, 4) is 0 Å². The number of carbonyl (C=O) groups is 2. The number of rotatable bonds is 7. The van der Waals surface area contributed by atoms with Gasteiger partial charge in [0, 0.05) is 13.0 Å². The van der Waals surface area contributed by atoms with Crippen molar-refractivity contribution in [2.45, 2.75) is 53.2 Å². The first kappa shape index (κ1) is 27.8. The second kappa shape index (κ2) is 12.6. The molecular formula is C33H37N3O3. The van der Waals surface area contributed by atoms with Crippen LogP contribution in [0.5, 0.6) is 0 Å². The van der Waals surface area contributed by atoms with Crippen LogP contribution in [-0.2, 0) is 22.6 Å². The van der Waals surface area contributed by atoms with Crippen molar-refractivity contribution in [2.24, 2.45) is 10.9 Å². The van der Waals surface area contributed by atoms with Gasteiger partial charge in [0.05, 0.1) is 11.7 Å². The highest BCUT2D eigenvalue weighted by Crippen LogP contribution is 2.31. The summed E-state index contributed by atoms with van der Waals surface area (Å²) < 4.78 is 5.79. The first-order valence-corrected chi connectivity index (χ1v) is 13.5. The molecule has 3 aromatic rings. The largest absolute Gasteiger partial charge is 0.444 e. The second-order valence-electron chi connectivity index (χ2n) is 10.2. The van der Waals surface area contributed by atoms with Crippen molar-refractivity contribution < 1.29 is 14.3 Å². The highest BCUT2D eigenvalue weighted by molar-refractivity contribution is 6.05. The number of aryl methyl sites for hydroxylation is 2. The Hall–Kier alpha value is -4.19. The van der Waals surface area contributed by atoms with Crippen LogP contribution < -0.4 is 0 Å². The second-order valence-corrected chi connectivity index (χ2v) is 10.2. The van der Waals surface area contributed by atoms with E-state index in [0.717, 1.165) is 28.0 Å². The summed E-state index contributed by atoms with van der Waals surface area (Å²) in [6, 6.07) is 25.8. The molecule has 1 aliphatic rings. The van der Waals surface area contributed by atoms with Crippen molar-refractivity contribution in [3.63, 3.8) is 0 Å². The minimum absolute atomic E-state index is 0.118. The fourth-order valence-electron chi connectivity index (χ4n) is 4.43. The van der Waals surface area contributed by atoms with Crippen LogP contribution in [0.3, 0.4) is 0 Å². The van der Waals surface area contributed by atoms with E-state index in [-0.39, 0.29) is 30.4 Å². The number of aliphatic imine (C=N–C) groups is 1. The molecule has 2 unspecified atom stereocenters. The number of amides is 2. The van der Waals surface area contributed by atoms with Crippen LogP contribution in [0.15, 0.2) is 89.6 Å². The van der Waals surface area contributed by atoms with Crippen molar-refractivity contribution in [2.75, 3.05) is 7.05 Å². The Labute approximate surface area is 231 Å². The summed E-state index contributed by atoms with van der Waals surface area (Å²) in [6.45, 7) is 8.03. The van der Waals surface area contributed by atoms with E-state index >= 15 is 0 Å². The summed E-state index contributed by atoms with van der Waals surface area (Å²) in [5, 5.41) is 0. The Bertz CT molecular complexity index is 1350. The fourth-order valence-corrected chi connectivity index (χ4v) is 4.43. The first-order chi connectivity index (χ1) is 18.8. The molecule has 3 aromatic carbocycles. The minimum atomic E-state index is -0.564. The maximum atomic E-state index is 13.7. The van der Waals surface area contributed by atoms with Gasteiger partial charge in [0.15, 0.2) is 0 Å². The van der Waals surface area contributed by atoms with E-state index in [1.807, 2.05) is 93.4 Å². The number of carbonyl (C=O) groups excluding carboxylic acids is 2. The van der Waals surface area contributed by atoms with Gasteiger partial charge in [0.1, 0.15) is 6.61 Å². The van der Waals surface area contributed by atoms with Crippen LogP contribution >= 0.6 is 0 Å². The zero-order valence-electron chi connectivity index (χ0n) is 23.4. The van der Waals surface area contributed by atoms with E-state index in [1.165, 1.54) is 10.5 Å². The first-order valence-electron chi connectivity index (χ1n) is 13.5. The minimum Gasteiger partial charge on any atom is -0.444 e. The molecule has 202 valence electrons. The average Bonchev–Trinajstić information content (AvgIpc) is 3.19. The summed E-state index contributed by atoms with van der Waals surface area (Å²) in [5.41, 5.74) is 6.01. The van der Waals surface area contributed by atoms with Crippen molar-refractivity contribution >= 4 is 24.0 Å². The molecule has 39 heavy (non-hydrogen) atoms. The molecule has 4 rings (SSSR count). The van der Waals surface area contributed by atoms with E-state index in [9.17, 15) is 9.59 Å². The highest BCUT2D eigenvalue weighted by atomic mass is 16.6. The quantitative estimate of drug-likeness (QED) is 0.343. The predicted octanol–water partition coefficient (Wildman–Crippen LogP) is 6.77. The maximum Gasteiger partial charge on any atom is 0.421 e. The van der Waals surface area contributed by atoms with Gasteiger partial charge >= 0.3 is 6.09 Å². The molecule has 0 radical (unpaired) electrons. The molecule has 1 saturated heterocycles. The molecule has 1 aliphatic heterocycles. The number of hydrogen-bond donors (Lipinski definition) is 0. The average molecular weight is 524 g/mol.